The Bertz CT molecular complexity index is 355. The number of hydrogen-bond acceptors (Lipinski definition) is 4. The van der Waals surface area contributed by atoms with Crippen LogP contribution in [0.3, 0.4) is 0 Å². The third-order valence-corrected chi connectivity index (χ3v) is 1.57. The smallest absolute Gasteiger partial charge is 0.397 e. The van der Waals surface area contributed by atoms with Gasteiger partial charge in [0.2, 0.25) is 5.88 Å². The number of nitrogen functional groups attached to an aromatic ring is 2. The zero-order valence-corrected chi connectivity index (χ0v) is 7.36. The second-order valence-electron chi connectivity index (χ2n) is 2.30. The fourth-order valence-corrected chi connectivity index (χ4v) is 0.857. The molecule has 0 atom stereocenters. The van der Waals surface area contributed by atoms with Crippen molar-refractivity contribution in [2.45, 2.75) is 6.36 Å². The van der Waals surface area contributed by atoms with E-state index in [1.807, 2.05) is 0 Å². The fraction of sp³-hybridized carbons (Fsp3) is 0.167. The summed E-state index contributed by atoms with van der Waals surface area (Å²) in [5.41, 5.74) is 10.3. The third kappa shape index (κ3) is 2.56. The summed E-state index contributed by atoms with van der Waals surface area (Å²) in [6.45, 7) is 0. The molecule has 0 saturated heterocycles. The Morgan fingerprint density at radius 2 is 1.93 bits per heavy atom. The van der Waals surface area contributed by atoms with Crippen molar-refractivity contribution in [3.8, 4) is 5.88 Å². The van der Waals surface area contributed by atoms with Crippen molar-refractivity contribution >= 4 is 23.1 Å². The van der Waals surface area contributed by atoms with E-state index in [0.29, 0.717) is 0 Å². The van der Waals surface area contributed by atoms with E-state index in [1.54, 1.807) is 0 Å². The van der Waals surface area contributed by atoms with Gasteiger partial charge in [0.15, 0.2) is 0 Å². The zero-order valence-electron chi connectivity index (χ0n) is 6.60. The SMILES string of the molecule is Nc1cc(N)c(Cl)c(OC(F)(F)F)n1. The topological polar surface area (TPSA) is 74.2 Å². The van der Waals surface area contributed by atoms with Crippen LogP contribution in [0.2, 0.25) is 5.02 Å². The van der Waals surface area contributed by atoms with Crippen molar-refractivity contribution in [2.75, 3.05) is 11.5 Å². The van der Waals surface area contributed by atoms with E-state index < -0.39 is 17.3 Å². The molecule has 0 bridgehead atoms. The molecule has 0 aromatic carbocycles. The normalized spacial score (nSPS) is 11.4. The van der Waals surface area contributed by atoms with Crippen LogP contribution in [0, 0.1) is 0 Å². The molecule has 0 unspecified atom stereocenters. The molecule has 0 amide bonds. The summed E-state index contributed by atoms with van der Waals surface area (Å²) < 4.78 is 38.8. The maximum Gasteiger partial charge on any atom is 0.574 e. The Balaban J connectivity index is 3.09. The van der Waals surface area contributed by atoms with Gasteiger partial charge in [-0.3, -0.25) is 0 Å². The van der Waals surface area contributed by atoms with Gasteiger partial charge in [-0.15, -0.1) is 13.2 Å². The summed E-state index contributed by atoms with van der Waals surface area (Å²) in [7, 11) is 0. The highest BCUT2D eigenvalue weighted by atomic mass is 35.5. The second-order valence-corrected chi connectivity index (χ2v) is 2.68. The van der Waals surface area contributed by atoms with Crippen LogP contribution in [-0.4, -0.2) is 11.3 Å². The Labute approximate surface area is 81.6 Å². The molecule has 4 nitrogen and oxygen atoms in total. The van der Waals surface area contributed by atoms with Gasteiger partial charge < -0.3 is 16.2 Å². The van der Waals surface area contributed by atoms with Gasteiger partial charge in [0.05, 0.1) is 5.69 Å². The predicted octanol–water partition coefficient (Wildman–Crippen LogP) is 1.80. The molecule has 0 aliphatic rings. The number of rotatable bonds is 1. The number of pyridine rings is 1. The summed E-state index contributed by atoms with van der Waals surface area (Å²) >= 11 is 5.40. The van der Waals surface area contributed by atoms with E-state index in [-0.39, 0.29) is 11.5 Å². The van der Waals surface area contributed by atoms with Crippen molar-refractivity contribution in [3.05, 3.63) is 11.1 Å². The minimum atomic E-state index is -4.88. The number of ether oxygens (including phenoxy) is 1. The van der Waals surface area contributed by atoms with Crippen molar-refractivity contribution in [2.24, 2.45) is 0 Å². The van der Waals surface area contributed by atoms with Crippen LogP contribution in [0.1, 0.15) is 0 Å². The molecule has 8 heteroatoms. The van der Waals surface area contributed by atoms with Crippen molar-refractivity contribution in [1.29, 1.82) is 0 Å². The van der Waals surface area contributed by atoms with Gasteiger partial charge in [-0.2, -0.15) is 4.98 Å². The average molecular weight is 228 g/mol. The molecular formula is C6H5ClF3N3O. The van der Waals surface area contributed by atoms with Gasteiger partial charge in [-0.1, -0.05) is 11.6 Å². The first kappa shape index (κ1) is 10.7. The van der Waals surface area contributed by atoms with Crippen molar-refractivity contribution in [1.82, 2.24) is 4.98 Å². The first-order valence-corrected chi connectivity index (χ1v) is 3.64. The van der Waals surface area contributed by atoms with Gasteiger partial charge in [0, 0.05) is 6.07 Å². The number of alkyl halides is 3. The molecule has 0 radical (unpaired) electrons. The van der Waals surface area contributed by atoms with Crippen LogP contribution in [0.5, 0.6) is 5.88 Å². The van der Waals surface area contributed by atoms with E-state index in [2.05, 4.69) is 9.72 Å². The first-order valence-electron chi connectivity index (χ1n) is 3.27. The molecule has 78 valence electrons. The van der Waals surface area contributed by atoms with Crippen LogP contribution in [0.25, 0.3) is 0 Å². The summed E-state index contributed by atoms with van der Waals surface area (Å²) in [4.78, 5) is 3.24. The minimum absolute atomic E-state index is 0.126. The van der Waals surface area contributed by atoms with Gasteiger partial charge in [0.1, 0.15) is 10.8 Å². The summed E-state index contributed by atoms with van der Waals surface area (Å²) in [6, 6.07) is 1.13. The Kier molecular flexibility index (Phi) is 2.61. The molecule has 0 aliphatic carbocycles. The molecule has 0 fully saturated rings. The lowest BCUT2D eigenvalue weighted by atomic mass is 10.4. The van der Waals surface area contributed by atoms with Crippen molar-refractivity contribution < 1.29 is 17.9 Å². The maximum absolute atomic E-state index is 11.8. The highest BCUT2D eigenvalue weighted by molar-refractivity contribution is 6.34. The molecule has 1 aromatic rings. The number of nitrogens with zero attached hydrogens (tertiary/aromatic N) is 1. The van der Waals surface area contributed by atoms with E-state index in [9.17, 15) is 13.2 Å². The van der Waals surface area contributed by atoms with Gasteiger partial charge in [0.25, 0.3) is 0 Å². The number of halogens is 4. The standard InChI is InChI=1S/C6H5ClF3N3O/c7-4-2(11)1-3(12)13-5(4)14-6(8,9)10/h1H,(H4,11,12,13). The fourth-order valence-electron chi connectivity index (χ4n) is 0.722. The molecule has 1 heterocycles. The predicted molar refractivity (Wildman–Crippen MR) is 44.8 cm³/mol. The van der Waals surface area contributed by atoms with Gasteiger partial charge in [-0.25, -0.2) is 0 Å². The zero-order chi connectivity index (χ0) is 10.9. The maximum atomic E-state index is 11.8. The van der Waals surface area contributed by atoms with E-state index >= 15 is 0 Å². The molecule has 14 heavy (non-hydrogen) atoms. The largest absolute Gasteiger partial charge is 0.574 e. The average Bonchev–Trinajstić information content (AvgIpc) is 1.96. The van der Waals surface area contributed by atoms with Crippen molar-refractivity contribution in [3.63, 3.8) is 0 Å². The lowest BCUT2D eigenvalue weighted by Crippen LogP contribution is -2.18. The lowest BCUT2D eigenvalue weighted by Gasteiger charge is -2.10. The number of nitrogens with two attached hydrogens (primary N) is 2. The molecule has 1 aromatic heterocycles. The van der Waals surface area contributed by atoms with Gasteiger partial charge >= 0.3 is 6.36 Å². The number of anilines is 2. The summed E-state index contributed by atoms with van der Waals surface area (Å²) in [5.74, 6) is -1.05. The summed E-state index contributed by atoms with van der Waals surface area (Å²) in [6.07, 6.45) is -4.88. The molecule has 0 aliphatic heterocycles. The van der Waals surface area contributed by atoms with E-state index in [4.69, 9.17) is 23.1 Å². The second kappa shape index (κ2) is 3.41. The minimum Gasteiger partial charge on any atom is -0.397 e. The molecule has 0 saturated carbocycles. The summed E-state index contributed by atoms with van der Waals surface area (Å²) in [5, 5.41) is -0.420. The Morgan fingerprint density at radius 1 is 1.36 bits per heavy atom. The van der Waals surface area contributed by atoms with E-state index in [1.165, 1.54) is 0 Å². The molecule has 0 spiro atoms. The first-order chi connectivity index (χ1) is 6.29. The van der Waals surface area contributed by atoms with Crippen LogP contribution >= 0.6 is 11.6 Å². The van der Waals surface area contributed by atoms with Crippen LogP contribution in [0.15, 0.2) is 6.07 Å². The molecular weight excluding hydrogens is 223 g/mol. The van der Waals surface area contributed by atoms with E-state index in [0.717, 1.165) is 6.07 Å². The molecule has 4 N–H and O–H groups in total. The highest BCUT2D eigenvalue weighted by Crippen LogP contribution is 2.33. The Hall–Kier alpha value is -1.37. The monoisotopic (exact) mass is 227 g/mol. The lowest BCUT2D eigenvalue weighted by molar-refractivity contribution is -0.276. The van der Waals surface area contributed by atoms with Crippen LogP contribution < -0.4 is 16.2 Å². The third-order valence-electron chi connectivity index (χ3n) is 1.19. The number of aromatic nitrogens is 1. The van der Waals surface area contributed by atoms with Crippen LogP contribution in [-0.2, 0) is 0 Å². The number of hydrogen-bond donors (Lipinski definition) is 2. The van der Waals surface area contributed by atoms with Gasteiger partial charge in [-0.05, 0) is 0 Å². The highest BCUT2D eigenvalue weighted by Gasteiger charge is 2.33. The Morgan fingerprint density at radius 3 is 2.43 bits per heavy atom. The molecule has 1 rings (SSSR count). The quantitative estimate of drug-likeness (QED) is 0.767. The van der Waals surface area contributed by atoms with Crippen LogP contribution in [0.4, 0.5) is 24.7 Å².